The van der Waals surface area contributed by atoms with E-state index in [0.717, 1.165) is 11.1 Å². The van der Waals surface area contributed by atoms with Crippen molar-refractivity contribution >= 4 is 0 Å². The topological polar surface area (TPSA) is 38.7 Å². The van der Waals surface area contributed by atoms with Gasteiger partial charge in [0.1, 0.15) is 0 Å². The van der Waals surface area contributed by atoms with Gasteiger partial charge in [0.05, 0.1) is 32.5 Å². The summed E-state index contributed by atoms with van der Waals surface area (Å²) in [4.78, 5) is 0. The summed E-state index contributed by atoms with van der Waals surface area (Å²) in [6.45, 7) is 2.30. The largest absolute Gasteiger partial charge is 0.389 e. The molecule has 0 radical (unpaired) electrons. The first-order valence-electron chi connectivity index (χ1n) is 8.42. The Hall–Kier alpha value is -1.94. The van der Waals surface area contributed by atoms with Gasteiger partial charge in [-0.05, 0) is 11.1 Å². The fourth-order valence-electron chi connectivity index (χ4n) is 2.97. The Morgan fingerprint density at radius 2 is 1.25 bits per heavy atom. The van der Waals surface area contributed by atoms with Gasteiger partial charge >= 0.3 is 0 Å². The lowest BCUT2D eigenvalue weighted by molar-refractivity contribution is 0.00395. The number of aliphatic hydroxyl groups is 1. The second-order valence-corrected chi connectivity index (χ2v) is 6.20. The van der Waals surface area contributed by atoms with E-state index in [-0.39, 0.29) is 11.8 Å². The average molecular weight is 324 g/mol. The van der Waals surface area contributed by atoms with E-state index in [0.29, 0.717) is 26.4 Å². The first kappa shape index (κ1) is 16.9. The molecule has 3 heteroatoms. The van der Waals surface area contributed by atoms with Crippen LogP contribution in [0.25, 0.3) is 0 Å². The zero-order valence-corrected chi connectivity index (χ0v) is 13.8. The van der Waals surface area contributed by atoms with Gasteiger partial charge in [-0.2, -0.15) is 0 Å². The van der Waals surface area contributed by atoms with Crippen LogP contribution in [0.1, 0.15) is 11.1 Å². The van der Waals surface area contributed by atoms with Crippen LogP contribution in [0.3, 0.4) is 0 Å². The van der Waals surface area contributed by atoms with E-state index in [1.165, 1.54) is 0 Å². The van der Waals surface area contributed by atoms with Crippen molar-refractivity contribution in [3.05, 3.63) is 83.9 Å². The Balaban J connectivity index is 1.43. The third-order valence-electron chi connectivity index (χ3n) is 4.39. The maximum atomic E-state index is 10.2. The molecular weight excluding hydrogens is 300 g/mol. The first-order chi connectivity index (χ1) is 11.8. The molecule has 0 saturated carbocycles. The fourth-order valence-corrected chi connectivity index (χ4v) is 2.97. The molecule has 0 bridgehead atoms. The zero-order chi connectivity index (χ0) is 16.6. The lowest BCUT2D eigenvalue weighted by Crippen LogP contribution is -2.28. The second kappa shape index (κ2) is 8.78. The summed E-state index contributed by atoms with van der Waals surface area (Å²) in [5, 5.41) is 10.2. The molecule has 0 spiro atoms. The minimum Gasteiger partial charge on any atom is -0.389 e. The third kappa shape index (κ3) is 4.78. The molecule has 0 saturated heterocycles. The first-order valence-corrected chi connectivity index (χ1v) is 8.42. The standard InChI is InChI=1S/C21H24O3/c22-21-12-11-19(15-23-13-17-7-3-1-4-8-17)20(21)16-24-14-18-9-5-2-6-10-18/h1-12,19-22H,13-16H2/t19-,20-,21-/m0/s1. The highest BCUT2D eigenvalue weighted by molar-refractivity contribution is 5.14. The van der Waals surface area contributed by atoms with Gasteiger partial charge in [-0.1, -0.05) is 72.8 Å². The molecule has 24 heavy (non-hydrogen) atoms. The quantitative estimate of drug-likeness (QED) is 0.754. The van der Waals surface area contributed by atoms with Gasteiger partial charge in [-0.3, -0.25) is 0 Å². The van der Waals surface area contributed by atoms with Crippen molar-refractivity contribution in [2.75, 3.05) is 13.2 Å². The molecule has 0 aliphatic heterocycles. The van der Waals surface area contributed by atoms with Crippen molar-refractivity contribution in [3.8, 4) is 0 Å². The third-order valence-corrected chi connectivity index (χ3v) is 4.39. The monoisotopic (exact) mass is 324 g/mol. The Morgan fingerprint density at radius 3 is 1.83 bits per heavy atom. The summed E-state index contributed by atoms with van der Waals surface area (Å²) in [6.07, 6.45) is 3.45. The van der Waals surface area contributed by atoms with Crippen LogP contribution in [0.4, 0.5) is 0 Å². The summed E-state index contributed by atoms with van der Waals surface area (Å²) < 4.78 is 11.6. The molecule has 1 N–H and O–H groups in total. The fraction of sp³-hybridized carbons (Fsp3) is 0.333. The van der Waals surface area contributed by atoms with Gasteiger partial charge < -0.3 is 14.6 Å². The summed E-state index contributed by atoms with van der Waals surface area (Å²) >= 11 is 0. The van der Waals surface area contributed by atoms with Gasteiger partial charge in [0.2, 0.25) is 0 Å². The van der Waals surface area contributed by atoms with Crippen LogP contribution >= 0.6 is 0 Å². The van der Waals surface area contributed by atoms with E-state index < -0.39 is 6.10 Å². The summed E-state index contributed by atoms with van der Waals surface area (Å²) in [5.41, 5.74) is 2.31. The van der Waals surface area contributed by atoms with Crippen molar-refractivity contribution in [2.24, 2.45) is 11.8 Å². The van der Waals surface area contributed by atoms with Gasteiger partial charge in [-0.25, -0.2) is 0 Å². The number of benzene rings is 2. The van der Waals surface area contributed by atoms with Gasteiger partial charge in [0.15, 0.2) is 0 Å². The summed E-state index contributed by atoms with van der Waals surface area (Å²) in [6, 6.07) is 20.2. The Labute approximate surface area is 143 Å². The van der Waals surface area contributed by atoms with Crippen LogP contribution < -0.4 is 0 Å². The van der Waals surface area contributed by atoms with E-state index in [2.05, 4.69) is 12.1 Å². The number of rotatable bonds is 8. The Kier molecular flexibility index (Phi) is 6.19. The average Bonchev–Trinajstić information content (AvgIpc) is 2.97. The molecule has 0 heterocycles. The molecule has 0 amide bonds. The lowest BCUT2D eigenvalue weighted by Gasteiger charge is -2.22. The molecule has 0 unspecified atom stereocenters. The molecule has 3 nitrogen and oxygen atoms in total. The maximum Gasteiger partial charge on any atom is 0.0777 e. The van der Waals surface area contributed by atoms with E-state index in [1.807, 2.05) is 60.7 Å². The van der Waals surface area contributed by atoms with Crippen LogP contribution in [0.5, 0.6) is 0 Å². The van der Waals surface area contributed by atoms with E-state index in [4.69, 9.17) is 9.47 Å². The predicted octanol–water partition coefficient (Wildman–Crippen LogP) is 3.58. The van der Waals surface area contributed by atoms with Crippen LogP contribution in [-0.2, 0) is 22.7 Å². The van der Waals surface area contributed by atoms with E-state index >= 15 is 0 Å². The molecule has 0 fully saturated rings. The Morgan fingerprint density at radius 1 is 0.708 bits per heavy atom. The van der Waals surface area contributed by atoms with Crippen LogP contribution in [0.2, 0.25) is 0 Å². The number of aliphatic hydroxyl groups excluding tert-OH is 1. The molecule has 3 atom stereocenters. The number of ether oxygens (including phenoxy) is 2. The van der Waals surface area contributed by atoms with Crippen molar-refractivity contribution < 1.29 is 14.6 Å². The molecule has 1 aliphatic carbocycles. The summed E-state index contributed by atoms with van der Waals surface area (Å²) in [7, 11) is 0. The number of hydrogen-bond acceptors (Lipinski definition) is 3. The molecule has 2 aromatic carbocycles. The van der Waals surface area contributed by atoms with Crippen LogP contribution in [0.15, 0.2) is 72.8 Å². The normalized spacial score (nSPS) is 22.8. The molecule has 1 aliphatic rings. The highest BCUT2D eigenvalue weighted by Crippen LogP contribution is 2.27. The van der Waals surface area contributed by atoms with Crippen molar-refractivity contribution in [2.45, 2.75) is 19.3 Å². The highest BCUT2D eigenvalue weighted by atomic mass is 16.5. The smallest absolute Gasteiger partial charge is 0.0777 e. The van der Waals surface area contributed by atoms with E-state index in [1.54, 1.807) is 0 Å². The minimum absolute atomic E-state index is 0.0597. The van der Waals surface area contributed by atoms with Gasteiger partial charge in [0, 0.05) is 11.8 Å². The second-order valence-electron chi connectivity index (χ2n) is 6.20. The van der Waals surface area contributed by atoms with Crippen LogP contribution in [0, 0.1) is 11.8 Å². The van der Waals surface area contributed by atoms with Crippen molar-refractivity contribution in [3.63, 3.8) is 0 Å². The molecule has 126 valence electrons. The van der Waals surface area contributed by atoms with Crippen LogP contribution in [-0.4, -0.2) is 24.4 Å². The minimum atomic E-state index is -0.453. The van der Waals surface area contributed by atoms with Gasteiger partial charge in [-0.15, -0.1) is 0 Å². The zero-order valence-electron chi connectivity index (χ0n) is 13.8. The highest BCUT2D eigenvalue weighted by Gasteiger charge is 2.30. The van der Waals surface area contributed by atoms with Crippen molar-refractivity contribution in [1.29, 1.82) is 0 Å². The predicted molar refractivity (Wildman–Crippen MR) is 94.3 cm³/mol. The number of hydrogen-bond donors (Lipinski definition) is 1. The summed E-state index contributed by atoms with van der Waals surface area (Å²) in [5.74, 6) is 0.254. The Bertz CT molecular complexity index is 624. The van der Waals surface area contributed by atoms with E-state index in [9.17, 15) is 5.11 Å². The molecular formula is C21H24O3. The lowest BCUT2D eigenvalue weighted by atomic mass is 9.95. The molecule has 3 rings (SSSR count). The SMILES string of the molecule is O[C@H]1C=C[C@@H](COCc2ccccc2)[C@@H]1COCc1ccccc1. The molecule has 0 aromatic heterocycles. The van der Waals surface area contributed by atoms with Crippen molar-refractivity contribution in [1.82, 2.24) is 0 Å². The maximum absolute atomic E-state index is 10.2. The molecule has 2 aromatic rings. The van der Waals surface area contributed by atoms with Gasteiger partial charge in [0.25, 0.3) is 0 Å².